The summed E-state index contributed by atoms with van der Waals surface area (Å²) in [6.07, 6.45) is 5.10. The lowest BCUT2D eigenvalue weighted by Gasteiger charge is -2.02. The van der Waals surface area contributed by atoms with E-state index in [-0.39, 0.29) is 5.91 Å². The Kier molecular flexibility index (Phi) is 5.32. The van der Waals surface area contributed by atoms with Crippen LogP contribution in [0, 0.1) is 0 Å². The number of primary amides is 1. The first-order valence-electron chi connectivity index (χ1n) is 6.78. The zero-order valence-corrected chi connectivity index (χ0v) is 11.5. The molecule has 0 saturated heterocycles. The normalized spacial score (nSPS) is 10.6. The Hall–Kier alpha value is -2.14. The number of carbonyl (C=O) groups excluding carboxylic acids is 1. The highest BCUT2D eigenvalue weighted by Gasteiger charge is 2.00. The fourth-order valence-corrected chi connectivity index (χ4v) is 1.97. The van der Waals surface area contributed by atoms with Crippen LogP contribution in [0.3, 0.4) is 0 Å². The van der Waals surface area contributed by atoms with Crippen LogP contribution in [-0.2, 0) is 17.9 Å². The van der Waals surface area contributed by atoms with Crippen molar-refractivity contribution in [1.82, 2.24) is 15.1 Å². The molecule has 1 heterocycles. The molecule has 106 valence electrons. The first-order valence-corrected chi connectivity index (χ1v) is 6.78. The highest BCUT2D eigenvalue weighted by atomic mass is 16.1. The summed E-state index contributed by atoms with van der Waals surface area (Å²) in [5.41, 5.74) is 7.45. The van der Waals surface area contributed by atoms with Gasteiger partial charge >= 0.3 is 0 Å². The number of nitrogens with one attached hydrogen (secondary N) is 1. The molecule has 0 fully saturated rings. The molecular formula is C15H20N4O. The zero-order chi connectivity index (χ0) is 14.2. The number of hydrogen-bond donors (Lipinski definition) is 2. The minimum Gasteiger partial charge on any atom is -0.370 e. The van der Waals surface area contributed by atoms with Gasteiger partial charge in [0, 0.05) is 24.7 Å². The van der Waals surface area contributed by atoms with Crippen LogP contribution in [0.15, 0.2) is 42.7 Å². The third-order valence-electron chi connectivity index (χ3n) is 2.98. The number of benzene rings is 1. The van der Waals surface area contributed by atoms with Gasteiger partial charge in [-0.25, -0.2) is 0 Å². The van der Waals surface area contributed by atoms with Crippen molar-refractivity contribution in [2.75, 3.05) is 6.54 Å². The SMILES string of the molecule is NC(=O)CCCNCc1cnn(Cc2ccccc2)c1. The van der Waals surface area contributed by atoms with Crippen LogP contribution in [0.1, 0.15) is 24.0 Å². The van der Waals surface area contributed by atoms with Crippen molar-refractivity contribution < 1.29 is 4.79 Å². The van der Waals surface area contributed by atoms with E-state index in [2.05, 4.69) is 22.5 Å². The van der Waals surface area contributed by atoms with E-state index in [4.69, 9.17) is 5.73 Å². The van der Waals surface area contributed by atoms with Gasteiger partial charge in [-0.1, -0.05) is 30.3 Å². The molecule has 2 aromatic rings. The van der Waals surface area contributed by atoms with Crippen LogP contribution in [0.4, 0.5) is 0 Å². The summed E-state index contributed by atoms with van der Waals surface area (Å²) in [5, 5.41) is 7.61. The minimum absolute atomic E-state index is 0.248. The zero-order valence-electron chi connectivity index (χ0n) is 11.5. The number of amides is 1. The van der Waals surface area contributed by atoms with Gasteiger partial charge in [-0.2, -0.15) is 5.10 Å². The third kappa shape index (κ3) is 4.85. The molecule has 0 unspecified atom stereocenters. The van der Waals surface area contributed by atoms with Gasteiger partial charge in [0.25, 0.3) is 0 Å². The molecule has 1 aromatic carbocycles. The topological polar surface area (TPSA) is 72.9 Å². The molecule has 0 saturated carbocycles. The van der Waals surface area contributed by atoms with E-state index in [1.807, 2.05) is 35.3 Å². The van der Waals surface area contributed by atoms with E-state index in [1.165, 1.54) is 5.56 Å². The van der Waals surface area contributed by atoms with Crippen molar-refractivity contribution in [3.63, 3.8) is 0 Å². The smallest absolute Gasteiger partial charge is 0.217 e. The number of rotatable bonds is 8. The van der Waals surface area contributed by atoms with Gasteiger partial charge in [-0.3, -0.25) is 9.48 Å². The molecular weight excluding hydrogens is 252 g/mol. The lowest BCUT2D eigenvalue weighted by atomic mass is 10.2. The summed E-state index contributed by atoms with van der Waals surface area (Å²) < 4.78 is 1.93. The maximum absolute atomic E-state index is 10.6. The fourth-order valence-electron chi connectivity index (χ4n) is 1.97. The highest BCUT2D eigenvalue weighted by Crippen LogP contribution is 2.03. The molecule has 0 bridgehead atoms. The monoisotopic (exact) mass is 272 g/mol. The van der Waals surface area contributed by atoms with E-state index >= 15 is 0 Å². The average Bonchev–Trinajstić information content (AvgIpc) is 2.87. The molecule has 3 N–H and O–H groups in total. The second-order valence-electron chi connectivity index (χ2n) is 4.78. The molecule has 5 heteroatoms. The summed E-state index contributed by atoms with van der Waals surface area (Å²) in [6.45, 7) is 2.32. The van der Waals surface area contributed by atoms with Gasteiger partial charge in [-0.05, 0) is 18.5 Å². The number of nitrogens with two attached hydrogens (primary N) is 1. The second-order valence-corrected chi connectivity index (χ2v) is 4.78. The van der Waals surface area contributed by atoms with Gasteiger partial charge < -0.3 is 11.1 Å². The van der Waals surface area contributed by atoms with Gasteiger partial charge in [0.1, 0.15) is 0 Å². The van der Waals surface area contributed by atoms with Gasteiger partial charge in [-0.15, -0.1) is 0 Å². The predicted octanol–water partition coefficient (Wildman–Crippen LogP) is 1.29. The van der Waals surface area contributed by atoms with Crippen molar-refractivity contribution in [2.24, 2.45) is 5.73 Å². The Balaban J connectivity index is 1.73. The van der Waals surface area contributed by atoms with E-state index < -0.39 is 0 Å². The van der Waals surface area contributed by atoms with Crippen LogP contribution in [0.25, 0.3) is 0 Å². The second kappa shape index (κ2) is 7.45. The molecule has 0 aliphatic heterocycles. The Morgan fingerprint density at radius 1 is 1.25 bits per heavy atom. The first kappa shape index (κ1) is 14.3. The minimum atomic E-state index is -0.248. The van der Waals surface area contributed by atoms with Crippen molar-refractivity contribution >= 4 is 5.91 Å². The first-order chi connectivity index (χ1) is 9.74. The molecule has 0 aliphatic carbocycles. The van der Waals surface area contributed by atoms with Crippen LogP contribution in [-0.4, -0.2) is 22.2 Å². The largest absolute Gasteiger partial charge is 0.370 e. The fraction of sp³-hybridized carbons (Fsp3) is 0.333. The molecule has 0 aliphatic rings. The summed E-state index contributed by atoms with van der Waals surface area (Å²) in [7, 11) is 0. The molecule has 1 amide bonds. The predicted molar refractivity (Wildman–Crippen MR) is 77.9 cm³/mol. The van der Waals surface area contributed by atoms with Crippen LogP contribution < -0.4 is 11.1 Å². The standard InChI is InChI=1S/C15H20N4O/c16-15(20)7-4-8-17-9-14-10-18-19(12-14)11-13-5-2-1-3-6-13/h1-3,5-6,10,12,17H,4,7-9,11H2,(H2,16,20). The summed E-state index contributed by atoms with van der Waals surface area (Å²) in [5.74, 6) is -0.248. The molecule has 2 rings (SSSR count). The Labute approximate surface area is 118 Å². The van der Waals surface area contributed by atoms with Gasteiger partial charge in [0.15, 0.2) is 0 Å². The van der Waals surface area contributed by atoms with Crippen molar-refractivity contribution in [1.29, 1.82) is 0 Å². The number of aromatic nitrogens is 2. The molecule has 0 spiro atoms. The molecule has 5 nitrogen and oxygen atoms in total. The maximum Gasteiger partial charge on any atom is 0.217 e. The average molecular weight is 272 g/mol. The maximum atomic E-state index is 10.6. The van der Waals surface area contributed by atoms with Crippen molar-refractivity contribution in [3.8, 4) is 0 Å². The van der Waals surface area contributed by atoms with Crippen molar-refractivity contribution in [3.05, 3.63) is 53.9 Å². The van der Waals surface area contributed by atoms with E-state index in [1.54, 1.807) is 0 Å². The van der Waals surface area contributed by atoms with Gasteiger partial charge in [0.05, 0.1) is 12.7 Å². The van der Waals surface area contributed by atoms with Crippen LogP contribution in [0.2, 0.25) is 0 Å². The Morgan fingerprint density at radius 3 is 2.80 bits per heavy atom. The Bertz CT molecular complexity index is 536. The molecule has 1 aromatic heterocycles. The lowest BCUT2D eigenvalue weighted by molar-refractivity contribution is -0.118. The molecule has 20 heavy (non-hydrogen) atoms. The Morgan fingerprint density at radius 2 is 2.05 bits per heavy atom. The highest BCUT2D eigenvalue weighted by molar-refractivity contribution is 5.73. The summed E-state index contributed by atoms with van der Waals surface area (Å²) >= 11 is 0. The van der Waals surface area contributed by atoms with E-state index in [9.17, 15) is 4.79 Å². The number of carbonyl (C=O) groups is 1. The number of nitrogens with zero attached hydrogens (tertiary/aromatic N) is 2. The van der Waals surface area contributed by atoms with Crippen molar-refractivity contribution in [2.45, 2.75) is 25.9 Å². The van der Waals surface area contributed by atoms with Gasteiger partial charge in [0.2, 0.25) is 5.91 Å². The lowest BCUT2D eigenvalue weighted by Crippen LogP contribution is -2.17. The van der Waals surface area contributed by atoms with E-state index in [0.29, 0.717) is 6.42 Å². The third-order valence-corrected chi connectivity index (χ3v) is 2.98. The van der Waals surface area contributed by atoms with Crippen LogP contribution >= 0.6 is 0 Å². The van der Waals surface area contributed by atoms with E-state index in [0.717, 1.165) is 31.6 Å². The molecule has 0 atom stereocenters. The molecule has 0 radical (unpaired) electrons. The number of hydrogen-bond acceptors (Lipinski definition) is 3. The summed E-state index contributed by atoms with van der Waals surface area (Å²) in [6, 6.07) is 10.2. The quantitative estimate of drug-likeness (QED) is 0.711. The summed E-state index contributed by atoms with van der Waals surface area (Å²) in [4.78, 5) is 10.6. The van der Waals surface area contributed by atoms with Crippen LogP contribution in [0.5, 0.6) is 0 Å².